The van der Waals surface area contributed by atoms with Gasteiger partial charge in [0.15, 0.2) is 0 Å². The second-order valence-corrected chi connectivity index (χ2v) is 6.59. The maximum atomic E-state index is 13.9. The molecule has 0 bridgehead atoms. The first-order chi connectivity index (χ1) is 8.87. The van der Waals surface area contributed by atoms with Crippen LogP contribution in [0.3, 0.4) is 0 Å². The maximum absolute atomic E-state index is 13.9. The average Bonchev–Trinajstić information content (AvgIpc) is 2.73. The summed E-state index contributed by atoms with van der Waals surface area (Å²) in [7, 11) is 0. The summed E-state index contributed by atoms with van der Waals surface area (Å²) in [6, 6.07) is 3.98. The van der Waals surface area contributed by atoms with Crippen molar-refractivity contribution in [1.82, 2.24) is 5.32 Å². The van der Waals surface area contributed by atoms with Gasteiger partial charge in [-0.05, 0) is 63.6 Å². The van der Waals surface area contributed by atoms with Crippen LogP contribution in [0.5, 0.6) is 0 Å². The molecule has 106 valence electrons. The Bertz CT molecular complexity index is 437. The van der Waals surface area contributed by atoms with Crippen LogP contribution in [-0.2, 0) is 0 Å². The fraction of sp³-hybridized carbons (Fsp3) is 0.625. The van der Waals surface area contributed by atoms with Gasteiger partial charge in [-0.15, -0.1) is 0 Å². The number of benzene rings is 1. The zero-order chi connectivity index (χ0) is 14.0. The van der Waals surface area contributed by atoms with Gasteiger partial charge in [-0.25, -0.2) is 8.78 Å². The Balaban J connectivity index is 2.10. The second-order valence-electron chi connectivity index (χ2n) is 6.59. The van der Waals surface area contributed by atoms with Crippen molar-refractivity contribution in [3.8, 4) is 0 Å². The van der Waals surface area contributed by atoms with Crippen molar-refractivity contribution in [2.75, 3.05) is 6.54 Å². The molecule has 1 N–H and O–H groups in total. The van der Waals surface area contributed by atoms with Gasteiger partial charge >= 0.3 is 0 Å². The van der Waals surface area contributed by atoms with Crippen molar-refractivity contribution in [2.45, 2.75) is 51.5 Å². The van der Waals surface area contributed by atoms with Crippen molar-refractivity contribution in [1.29, 1.82) is 0 Å². The molecule has 1 aromatic rings. The van der Waals surface area contributed by atoms with Crippen LogP contribution in [0.25, 0.3) is 0 Å². The number of rotatable bonds is 3. The molecule has 0 aromatic heterocycles. The first kappa shape index (κ1) is 14.4. The standard InChI is InChI=1S/C16H23F2N/c1-16(2,3)19-10-11-5-4-6-13(11)14-8-7-12(17)9-15(14)18/h7-9,11,13,19H,4-6,10H2,1-3H3. The van der Waals surface area contributed by atoms with Gasteiger partial charge in [-0.1, -0.05) is 12.5 Å². The van der Waals surface area contributed by atoms with Gasteiger partial charge in [0.25, 0.3) is 0 Å². The first-order valence-electron chi connectivity index (χ1n) is 7.07. The van der Waals surface area contributed by atoms with Crippen LogP contribution in [-0.4, -0.2) is 12.1 Å². The summed E-state index contributed by atoms with van der Waals surface area (Å²) in [5.41, 5.74) is 0.758. The predicted octanol–water partition coefficient (Wildman–Crippen LogP) is 4.24. The lowest BCUT2D eigenvalue weighted by Gasteiger charge is -2.27. The number of halogens is 2. The molecule has 0 aliphatic heterocycles. The van der Waals surface area contributed by atoms with E-state index in [1.807, 2.05) is 0 Å². The first-order valence-corrected chi connectivity index (χ1v) is 7.07. The third-order valence-corrected chi connectivity index (χ3v) is 3.92. The zero-order valence-corrected chi connectivity index (χ0v) is 12.0. The van der Waals surface area contributed by atoms with Gasteiger partial charge in [0.05, 0.1) is 0 Å². The lowest BCUT2D eigenvalue weighted by Crippen LogP contribution is -2.39. The molecule has 2 atom stereocenters. The van der Waals surface area contributed by atoms with E-state index < -0.39 is 11.6 Å². The highest BCUT2D eigenvalue weighted by Crippen LogP contribution is 2.40. The molecule has 1 fully saturated rings. The highest BCUT2D eigenvalue weighted by Gasteiger charge is 2.31. The van der Waals surface area contributed by atoms with Crippen LogP contribution < -0.4 is 5.32 Å². The third kappa shape index (κ3) is 3.75. The monoisotopic (exact) mass is 267 g/mol. The second kappa shape index (κ2) is 5.58. The van der Waals surface area contributed by atoms with Gasteiger partial charge in [-0.2, -0.15) is 0 Å². The van der Waals surface area contributed by atoms with Crippen molar-refractivity contribution in [3.05, 3.63) is 35.4 Å². The average molecular weight is 267 g/mol. The van der Waals surface area contributed by atoms with Crippen molar-refractivity contribution in [3.63, 3.8) is 0 Å². The lowest BCUT2D eigenvalue weighted by molar-refractivity contribution is 0.353. The van der Waals surface area contributed by atoms with E-state index in [1.165, 1.54) is 6.07 Å². The summed E-state index contributed by atoms with van der Waals surface area (Å²) < 4.78 is 26.9. The topological polar surface area (TPSA) is 12.0 Å². The highest BCUT2D eigenvalue weighted by atomic mass is 19.1. The number of hydrogen-bond acceptors (Lipinski definition) is 1. The quantitative estimate of drug-likeness (QED) is 0.864. The molecular weight excluding hydrogens is 244 g/mol. The Morgan fingerprint density at radius 3 is 2.58 bits per heavy atom. The van der Waals surface area contributed by atoms with E-state index in [0.29, 0.717) is 11.5 Å². The van der Waals surface area contributed by atoms with Crippen LogP contribution in [0.2, 0.25) is 0 Å². The third-order valence-electron chi connectivity index (χ3n) is 3.92. The van der Waals surface area contributed by atoms with Crippen LogP contribution in [0.15, 0.2) is 18.2 Å². The molecule has 2 unspecified atom stereocenters. The Morgan fingerprint density at radius 2 is 1.95 bits per heavy atom. The number of nitrogens with one attached hydrogen (secondary N) is 1. The Morgan fingerprint density at radius 1 is 1.21 bits per heavy atom. The minimum absolute atomic E-state index is 0.0779. The van der Waals surface area contributed by atoms with Gasteiger partial charge in [0.2, 0.25) is 0 Å². The maximum Gasteiger partial charge on any atom is 0.129 e. The Kier molecular flexibility index (Phi) is 4.24. The lowest BCUT2D eigenvalue weighted by atomic mass is 9.88. The SMILES string of the molecule is CC(C)(C)NCC1CCCC1c1ccc(F)cc1F. The molecule has 0 radical (unpaired) electrons. The van der Waals surface area contributed by atoms with Crippen molar-refractivity contribution >= 4 is 0 Å². The molecule has 0 spiro atoms. The molecule has 0 saturated heterocycles. The number of hydrogen-bond donors (Lipinski definition) is 1. The summed E-state index contributed by atoms with van der Waals surface area (Å²) in [5, 5.41) is 3.50. The van der Waals surface area contributed by atoms with E-state index >= 15 is 0 Å². The van der Waals surface area contributed by atoms with E-state index in [4.69, 9.17) is 0 Å². The van der Waals surface area contributed by atoms with Crippen molar-refractivity contribution in [2.24, 2.45) is 5.92 Å². The summed E-state index contributed by atoms with van der Waals surface area (Å²) in [6.07, 6.45) is 3.24. The van der Waals surface area contributed by atoms with E-state index in [9.17, 15) is 8.78 Å². The molecule has 1 aromatic carbocycles. The molecule has 0 amide bonds. The Labute approximate surface area is 114 Å². The van der Waals surface area contributed by atoms with E-state index in [1.54, 1.807) is 6.07 Å². The summed E-state index contributed by atoms with van der Waals surface area (Å²) in [6.45, 7) is 7.30. The van der Waals surface area contributed by atoms with Crippen LogP contribution in [0.4, 0.5) is 8.78 Å². The summed E-state index contributed by atoms with van der Waals surface area (Å²) in [4.78, 5) is 0. The smallest absolute Gasteiger partial charge is 0.129 e. The molecular formula is C16H23F2N. The molecule has 3 heteroatoms. The largest absolute Gasteiger partial charge is 0.312 e. The van der Waals surface area contributed by atoms with Gasteiger partial charge in [-0.3, -0.25) is 0 Å². The summed E-state index contributed by atoms with van der Waals surface area (Å²) in [5.74, 6) is -0.231. The fourth-order valence-corrected chi connectivity index (χ4v) is 2.93. The normalized spacial score (nSPS) is 23.8. The van der Waals surface area contributed by atoms with Gasteiger partial charge < -0.3 is 5.32 Å². The van der Waals surface area contributed by atoms with Crippen LogP contribution >= 0.6 is 0 Å². The fourth-order valence-electron chi connectivity index (χ4n) is 2.93. The van der Waals surface area contributed by atoms with Gasteiger partial charge in [0, 0.05) is 11.6 Å². The van der Waals surface area contributed by atoms with Crippen LogP contribution in [0.1, 0.15) is 51.5 Å². The molecule has 1 aliphatic carbocycles. The predicted molar refractivity (Wildman–Crippen MR) is 74.2 cm³/mol. The van der Waals surface area contributed by atoms with E-state index in [0.717, 1.165) is 31.9 Å². The van der Waals surface area contributed by atoms with E-state index in [-0.39, 0.29) is 11.5 Å². The molecule has 1 aliphatic rings. The molecule has 1 saturated carbocycles. The minimum atomic E-state index is -0.497. The van der Waals surface area contributed by atoms with Crippen LogP contribution in [0, 0.1) is 17.6 Å². The highest BCUT2D eigenvalue weighted by molar-refractivity contribution is 5.24. The van der Waals surface area contributed by atoms with E-state index in [2.05, 4.69) is 26.1 Å². The minimum Gasteiger partial charge on any atom is -0.312 e. The molecule has 19 heavy (non-hydrogen) atoms. The molecule has 2 rings (SSSR count). The van der Waals surface area contributed by atoms with Crippen molar-refractivity contribution < 1.29 is 8.78 Å². The molecule has 0 heterocycles. The zero-order valence-electron chi connectivity index (χ0n) is 12.0. The summed E-state index contributed by atoms with van der Waals surface area (Å²) >= 11 is 0. The Hall–Kier alpha value is -0.960. The van der Waals surface area contributed by atoms with Gasteiger partial charge in [0.1, 0.15) is 11.6 Å². The molecule has 1 nitrogen and oxygen atoms in total.